The molecule has 0 unspecified atom stereocenters. The summed E-state index contributed by atoms with van der Waals surface area (Å²) in [5, 5.41) is 10.6. The number of hydrogen-bond acceptors (Lipinski definition) is 7. The highest BCUT2D eigenvalue weighted by molar-refractivity contribution is 5.97. The SMILES string of the molecule is COC(=O)C(C)(C)NC(=O)[C@H](Cc1ccccc1)NC(=O)C(C)(C)NC(=O)[C@H](CC(C)C)NC(=O)OC(C)(C)C. The summed E-state index contributed by atoms with van der Waals surface area (Å²) >= 11 is 0. The summed E-state index contributed by atoms with van der Waals surface area (Å²) in [6.45, 7) is 14.9. The van der Waals surface area contributed by atoms with Gasteiger partial charge in [-0.05, 0) is 66.4 Å². The van der Waals surface area contributed by atoms with Gasteiger partial charge in [0.15, 0.2) is 0 Å². The number of benzene rings is 1. The van der Waals surface area contributed by atoms with E-state index in [1.54, 1.807) is 32.9 Å². The van der Waals surface area contributed by atoms with E-state index in [1.165, 1.54) is 34.8 Å². The van der Waals surface area contributed by atoms with Gasteiger partial charge < -0.3 is 30.7 Å². The van der Waals surface area contributed by atoms with Gasteiger partial charge in [0.25, 0.3) is 0 Å². The number of amides is 4. The summed E-state index contributed by atoms with van der Waals surface area (Å²) in [5.41, 5.74) is -2.78. The van der Waals surface area contributed by atoms with E-state index in [1.807, 2.05) is 32.0 Å². The van der Waals surface area contributed by atoms with Crippen LogP contribution in [0.3, 0.4) is 0 Å². The Bertz CT molecular complexity index is 1050. The molecule has 1 rings (SSSR count). The molecule has 0 aliphatic carbocycles. The van der Waals surface area contributed by atoms with Crippen LogP contribution in [0, 0.1) is 5.92 Å². The van der Waals surface area contributed by atoms with Gasteiger partial charge in [0.1, 0.15) is 28.8 Å². The van der Waals surface area contributed by atoms with Crippen LogP contribution in [0.25, 0.3) is 0 Å². The summed E-state index contributed by atoms with van der Waals surface area (Å²) in [6.07, 6.45) is -0.302. The lowest BCUT2D eigenvalue weighted by Crippen LogP contribution is -2.63. The Morgan fingerprint density at radius 2 is 1.30 bits per heavy atom. The van der Waals surface area contributed by atoms with Crippen LogP contribution < -0.4 is 21.3 Å². The van der Waals surface area contributed by atoms with Gasteiger partial charge in [0.05, 0.1) is 7.11 Å². The maximum Gasteiger partial charge on any atom is 0.408 e. The minimum Gasteiger partial charge on any atom is -0.467 e. The molecule has 40 heavy (non-hydrogen) atoms. The molecule has 0 aromatic heterocycles. The molecule has 2 atom stereocenters. The summed E-state index contributed by atoms with van der Waals surface area (Å²) in [6, 6.07) is 7.04. The molecule has 4 N–H and O–H groups in total. The number of esters is 1. The van der Waals surface area contributed by atoms with E-state index in [0.717, 1.165) is 5.56 Å². The average molecular weight is 563 g/mol. The predicted octanol–water partition coefficient (Wildman–Crippen LogP) is 2.62. The highest BCUT2D eigenvalue weighted by Gasteiger charge is 2.38. The zero-order chi connectivity index (χ0) is 30.9. The molecule has 0 fully saturated rings. The van der Waals surface area contributed by atoms with Crippen molar-refractivity contribution in [2.45, 2.75) is 104 Å². The molecule has 0 radical (unpaired) electrons. The first kappa shape index (κ1) is 34.4. The van der Waals surface area contributed by atoms with E-state index in [2.05, 4.69) is 21.3 Å². The summed E-state index contributed by atoms with van der Waals surface area (Å²) in [4.78, 5) is 64.4. The Balaban J connectivity index is 3.12. The molecule has 0 saturated heterocycles. The zero-order valence-electron chi connectivity index (χ0n) is 25.4. The van der Waals surface area contributed by atoms with Crippen molar-refractivity contribution in [1.82, 2.24) is 21.3 Å². The van der Waals surface area contributed by atoms with E-state index in [0.29, 0.717) is 6.42 Å². The molecule has 1 aromatic carbocycles. The normalized spacial score (nSPS) is 13.5. The molecule has 1 aromatic rings. The second kappa shape index (κ2) is 14.1. The third-order valence-electron chi connectivity index (χ3n) is 5.75. The molecule has 0 heterocycles. The van der Waals surface area contributed by atoms with Crippen molar-refractivity contribution in [2.75, 3.05) is 7.11 Å². The van der Waals surface area contributed by atoms with E-state index in [4.69, 9.17) is 9.47 Å². The van der Waals surface area contributed by atoms with Crippen LogP contribution in [0.4, 0.5) is 4.79 Å². The van der Waals surface area contributed by atoms with Crippen molar-refractivity contribution in [3.63, 3.8) is 0 Å². The van der Waals surface area contributed by atoms with Crippen LogP contribution in [0.5, 0.6) is 0 Å². The van der Waals surface area contributed by atoms with Crippen molar-refractivity contribution in [3.8, 4) is 0 Å². The van der Waals surface area contributed by atoms with Crippen LogP contribution in [0.1, 0.15) is 74.3 Å². The quantitative estimate of drug-likeness (QED) is 0.286. The van der Waals surface area contributed by atoms with Crippen molar-refractivity contribution >= 4 is 29.8 Å². The number of alkyl carbamates (subject to hydrolysis) is 1. The van der Waals surface area contributed by atoms with E-state index >= 15 is 0 Å². The van der Waals surface area contributed by atoms with Crippen LogP contribution in [-0.4, -0.2) is 65.7 Å². The number of methoxy groups -OCH3 is 1. The number of carbonyl (C=O) groups excluding carboxylic acids is 5. The average Bonchev–Trinajstić information content (AvgIpc) is 2.81. The van der Waals surface area contributed by atoms with Crippen molar-refractivity contribution in [3.05, 3.63) is 35.9 Å². The first-order valence-electron chi connectivity index (χ1n) is 13.3. The minimum absolute atomic E-state index is 0.0553. The van der Waals surface area contributed by atoms with Crippen LogP contribution >= 0.6 is 0 Å². The van der Waals surface area contributed by atoms with Gasteiger partial charge in [0, 0.05) is 6.42 Å². The van der Waals surface area contributed by atoms with Crippen molar-refractivity contribution < 1.29 is 33.4 Å². The lowest BCUT2D eigenvalue weighted by Gasteiger charge is -2.32. The molecule has 0 aliphatic rings. The first-order valence-corrected chi connectivity index (χ1v) is 13.3. The number of carbonyl (C=O) groups is 5. The first-order chi connectivity index (χ1) is 18.3. The molecule has 0 spiro atoms. The molecule has 0 aliphatic heterocycles. The fourth-order valence-electron chi connectivity index (χ4n) is 3.70. The largest absolute Gasteiger partial charge is 0.467 e. The third kappa shape index (κ3) is 11.6. The molecule has 11 nitrogen and oxygen atoms in total. The van der Waals surface area contributed by atoms with Gasteiger partial charge in [-0.3, -0.25) is 14.4 Å². The summed E-state index contributed by atoms with van der Waals surface area (Å²) in [5.74, 6) is -2.39. The fraction of sp³-hybridized carbons (Fsp3) is 0.621. The van der Waals surface area contributed by atoms with Gasteiger partial charge in [-0.25, -0.2) is 9.59 Å². The second-order valence-electron chi connectivity index (χ2n) is 12.3. The third-order valence-corrected chi connectivity index (χ3v) is 5.75. The Morgan fingerprint density at radius 3 is 1.80 bits per heavy atom. The van der Waals surface area contributed by atoms with Crippen LogP contribution in [0.15, 0.2) is 30.3 Å². The van der Waals surface area contributed by atoms with E-state index in [-0.39, 0.29) is 12.3 Å². The van der Waals surface area contributed by atoms with Gasteiger partial charge in [-0.15, -0.1) is 0 Å². The van der Waals surface area contributed by atoms with Crippen LogP contribution in [-0.2, 0) is 35.1 Å². The van der Waals surface area contributed by atoms with Crippen molar-refractivity contribution in [1.29, 1.82) is 0 Å². The molecule has 11 heteroatoms. The molecule has 224 valence electrons. The number of nitrogens with one attached hydrogen (secondary N) is 4. The smallest absolute Gasteiger partial charge is 0.408 e. The standard InChI is InChI=1S/C29H46N4O7/c1-18(2)16-20(31-26(38)40-27(3,4)5)22(34)32-28(6,7)24(36)30-21(17-19-14-12-11-13-15-19)23(35)33-29(8,9)25(37)39-10/h11-15,18,20-21H,16-17H2,1-10H3,(H,30,36)(H,31,38)(H,32,34)(H,33,35)/t20-,21-/m0/s1. The van der Waals surface area contributed by atoms with E-state index in [9.17, 15) is 24.0 Å². The summed E-state index contributed by atoms with van der Waals surface area (Å²) in [7, 11) is 1.22. The highest BCUT2D eigenvalue weighted by Crippen LogP contribution is 2.13. The Labute approximate surface area is 237 Å². The molecule has 0 saturated carbocycles. The fourth-order valence-corrected chi connectivity index (χ4v) is 3.70. The van der Waals surface area contributed by atoms with Gasteiger partial charge in [-0.1, -0.05) is 44.2 Å². The van der Waals surface area contributed by atoms with Gasteiger partial charge in [-0.2, -0.15) is 0 Å². The monoisotopic (exact) mass is 562 g/mol. The Kier molecular flexibility index (Phi) is 12.2. The zero-order valence-corrected chi connectivity index (χ0v) is 25.4. The predicted molar refractivity (Wildman–Crippen MR) is 151 cm³/mol. The van der Waals surface area contributed by atoms with Gasteiger partial charge >= 0.3 is 12.1 Å². The maximum absolute atomic E-state index is 13.4. The molecular weight excluding hydrogens is 516 g/mol. The van der Waals surface area contributed by atoms with Crippen LogP contribution in [0.2, 0.25) is 0 Å². The molecule has 0 bridgehead atoms. The maximum atomic E-state index is 13.4. The highest BCUT2D eigenvalue weighted by atomic mass is 16.6. The van der Waals surface area contributed by atoms with Crippen molar-refractivity contribution in [2.24, 2.45) is 5.92 Å². The van der Waals surface area contributed by atoms with E-state index < -0.39 is 58.5 Å². The molecular formula is C29H46N4O7. The second-order valence-corrected chi connectivity index (χ2v) is 12.3. The lowest BCUT2D eigenvalue weighted by atomic mass is 9.98. The minimum atomic E-state index is -1.46. The Morgan fingerprint density at radius 1 is 0.775 bits per heavy atom. The molecule has 4 amide bonds. The lowest BCUT2D eigenvalue weighted by molar-refractivity contribution is -0.149. The topological polar surface area (TPSA) is 152 Å². The number of ether oxygens (including phenoxy) is 2. The number of rotatable bonds is 12. The summed E-state index contributed by atoms with van der Waals surface area (Å²) < 4.78 is 10.1. The number of hydrogen-bond donors (Lipinski definition) is 4. The van der Waals surface area contributed by atoms with Gasteiger partial charge in [0.2, 0.25) is 17.7 Å². The Hall–Kier alpha value is -3.63.